The first-order valence-corrected chi connectivity index (χ1v) is 6.74. The van der Waals surface area contributed by atoms with Crippen LogP contribution in [0.5, 0.6) is 11.5 Å². The second-order valence-corrected chi connectivity index (χ2v) is 4.82. The maximum atomic E-state index is 6.12. The molecule has 0 bridgehead atoms. The normalized spacial score (nSPS) is 10.6. The molecule has 0 saturated heterocycles. The van der Waals surface area contributed by atoms with Gasteiger partial charge in [0.2, 0.25) is 0 Å². The number of benzene rings is 3. The number of fused-ring (bicyclic) bond motifs is 1. The first kappa shape index (κ1) is 13.3. The Hall–Kier alpha value is -2.68. The highest BCUT2D eigenvalue weighted by molar-refractivity contribution is 6.04. The summed E-state index contributed by atoms with van der Waals surface area (Å²) in [7, 11) is 3.26. The van der Waals surface area contributed by atoms with Gasteiger partial charge >= 0.3 is 0 Å². The number of nitrogens with two attached hydrogens (primary N) is 1. The van der Waals surface area contributed by atoms with Crippen molar-refractivity contribution in [3.05, 3.63) is 54.6 Å². The van der Waals surface area contributed by atoms with E-state index in [1.807, 2.05) is 42.5 Å². The van der Waals surface area contributed by atoms with Gasteiger partial charge in [-0.25, -0.2) is 0 Å². The van der Waals surface area contributed by atoms with Crippen molar-refractivity contribution in [2.45, 2.75) is 0 Å². The molecule has 0 aromatic heterocycles. The quantitative estimate of drug-likeness (QED) is 0.734. The van der Waals surface area contributed by atoms with Crippen LogP contribution in [-0.4, -0.2) is 14.2 Å². The molecule has 0 fully saturated rings. The average molecular weight is 279 g/mol. The van der Waals surface area contributed by atoms with E-state index in [-0.39, 0.29) is 0 Å². The summed E-state index contributed by atoms with van der Waals surface area (Å²) >= 11 is 0. The van der Waals surface area contributed by atoms with Crippen LogP contribution in [0.25, 0.3) is 21.9 Å². The third kappa shape index (κ3) is 2.27. The zero-order valence-electron chi connectivity index (χ0n) is 12.1. The van der Waals surface area contributed by atoms with E-state index in [2.05, 4.69) is 12.1 Å². The van der Waals surface area contributed by atoms with Gasteiger partial charge in [0.25, 0.3) is 0 Å². The molecule has 3 rings (SSSR count). The molecule has 3 aromatic rings. The van der Waals surface area contributed by atoms with E-state index in [0.717, 1.165) is 27.6 Å². The molecule has 0 aliphatic carbocycles. The van der Waals surface area contributed by atoms with Gasteiger partial charge in [-0.1, -0.05) is 36.4 Å². The summed E-state index contributed by atoms with van der Waals surface area (Å²) in [4.78, 5) is 0. The number of hydrogen-bond acceptors (Lipinski definition) is 3. The lowest BCUT2D eigenvalue weighted by Crippen LogP contribution is -1.94. The van der Waals surface area contributed by atoms with Crippen molar-refractivity contribution in [2.75, 3.05) is 20.0 Å². The van der Waals surface area contributed by atoms with Crippen molar-refractivity contribution in [2.24, 2.45) is 0 Å². The smallest absolute Gasteiger partial charge is 0.161 e. The fraction of sp³-hybridized carbons (Fsp3) is 0.111. The van der Waals surface area contributed by atoms with Gasteiger partial charge in [-0.2, -0.15) is 0 Å². The molecular formula is C18H17NO2. The molecule has 3 aromatic carbocycles. The Labute approximate surface area is 123 Å². The lowest BCUT2D eigenvalue weighted by molar-refractivity contribution is 0.356. The lowest BCUT2D eigenvalue weighted by atomic mass is 9.97. The average Bonchev–Trinajstić information content (AvgIpc) is 2.55. The summed E-state index contributed by atoms with van der Waals surface area (Å²) in [6.45, 7) is 0. The molecule has 0 spiro atoms. The van der Waals surface area contributed by atoms with Crippen LogP contribution in [0, 0.1) is 0 Å². The van der Waals surface area contributed by atoms with Crippen LogP contribution in [0.2, 0.25) is 0 Å². The van der Waals surface area contributed by atoms with E-state index in [1.54, 1.807) is 14.2 Å². The maximum Gasteiger partial charge on any atom is 0.161 e. The Morgan fingerprint density at radius 1 is 0.762 bits per heavy atom. The summed E-state index contributed by atoms with van der Waals surface area (Å²) in [6, 6.07) is 18.1. The molecule has 0 heterocycles. The third-order valence-electron chi connectivity index (χ3n) is 3.64. The van der Waals surface area contributed by atoms with Crippen LogP contribution in [0.3, 0.4) is 0 Å². The van der Waals surface area contributed by atoms with Crippen molar-refractivity contribution >= 4 is 16.5 Å². The summed E-state index contributed by atoms with van der Waals surface area (Å²) in [5, 5.41) is 2.02. The maximum absolute atomic E-state index is 6.12. The van der Waals surface area contributed by atoms with Crippen LogP contribution >= 0.6 is 0 Å². The second kappa shape index (κ2) is 5.37. The first-order chi connectivity index (χ1) is 10.2. The minimum absolute atomic E-state index is 0.682. The van der Waals surface area contributed by atoms with E-state index in [1.165, 1.54) is 0 Å². The van der Waals surface area contributed by atoms with Gasteiger partial charge in [-0.3, -0.25) is 0 Å². The topological polar surface area (TPSA) is 44.5 Å². The van der Waals surface area contributed by atoms with E-state index in [9.17, 15) is 0 Å². The number of rotatable bonds is 3. The van der Waals surface area contributed by atoms with Crippen molar-refractivity contribution in [1.82, 2.24) is 0 Å². The molecule has 0 unspecified atom stereocenters. The zero-order chi connectivity index (χ0) is 14.8. The Balaban J connectivity index is 2.35. The third-order valence-corrected chi connectivity index (χ3v) is 3.64. The summed E-state index contributed by atoms with van der Waals surface area (Å²) in [5.41, 5.74) is 9.12. The molecule has 3 nitrogen and oxygen atoms in total. The first-order valence-electron chi connectivity index (χ1n) is 6.74. The molecule has 0 atom stereocenters. The van der Waals surface area contributed by atoms with Crippen molar-refractivity contribution in [1.29, 1.82) is 0 Å². The van der Waals surface area contributed by atoms with Crippen molar-refractivity contribution in [3.8, 4) is 22.6 Å². The van der Waals surface area contributed by atoms with Gasteiger partial charge in [0.1, 0.15) is 0 Å². The molecule has 2 N–H and O–H groups in total. The predicted molar refractivity (Wildman–Crippen MR) is 86.9 cm³/mol. The number of nitrogen functional groups attached to an aromatic ring is 1. The van der Waals surface area contributed by atoms with Gasteiger partial charge in [-0.05, 0) is 34.7 Å². The highest BCUT2D eigenvalue weighted by Crippen LogP contribution is 2.39. The van der Waals surface area contributed by atoms with Crippen LogP contribution in [0.4, 0.5) is 5.69 Å². The highest BCUT2D eigenvalue weighted by atomic mass is 16.5. The van der Waals surface area contributed by atoms with Crippen molar-refractivity contribution in [3.63, 3.8) is 0 Å². The molecule has 3 heteroatoms. The zero-order valence-corrected chi connectivity index (χ0v) is 12.1. The molecule has 0 aliphatic heterocycles. The Bertz CT molecular complexity index is 782. The van der Waals surface area contributed by atoms with Crippen LogP contribution < -0.4 is 15.2 Å². The largest absolute Gasteiger partial charge is 0.493 e. The van der Waals surface area contributed by atoms with E-state index < -0.39 is 0 Å². The molecule has 21 heavy (non-hydrogen) atoms. The number of methoxy groups -OCH3 is 2. The second-order valence-electron chi connectivity index (χ2n) is 4.82. The van der Waals surface area contributed by atoms with Crippen molar-refractivity contribution < 1.29 is 9.47 Å². The number of hydrogen-bond donors (Lipinski definition) is 1. The van der Waals surface area contributed by atoms with Gasteiger partial charge < -0.3 is 15.2 Å². The SMILES string of the molecule is COc1cc2c(N)ccc(-c3ccccc3)c2cc1OC. The summed E-state index contributed by atoms with van der Waals surface area (Å²) in [6.07, 6.45) is 0. The Kier molecular flexibility index (Phi) is 3.40. The summed E-state index contributed by atoms with van der Waals surface area (Å²) < 4.78 is 10.8. The molecule has 0 aliphatic rings. The molecule has 0 amide bonds. The molecular weight excluding hydrogens is 262 g/mol. The minimum Gasteiger partial charge on any atom is -0.493 e. The van der Waals surface area contributed by atoms with Gasteiger partial charge in [0.05, 0.1) is 14.2 Å². The van der Waals surface area contributed by atoms with Gasteiger partial charge in [0.15, 0.2) is 11.5 Å². The minimum atomic E-state index is 0.682. The fourth-order valence-corrected chi connectivity index (χ4v) is 2.56. The lowest BCUT2D eigenvalue weighted by Gasteiger charge is -2.13. The fourth-order valence-electron chi connectivity index (χ4n) is 2.56. The number of ether oxygens (including phenoxy) is 2. The predicted octanol–water partition coefficient (Wildman–Crippen LogP) is 4.11. The van der Waals surface area contributed by atoms with Crippen LogP contribution in [0.1, 0.15) is 0 Å². The Morgan fingerprint density at radius 3 is 2.00 bits per heavy atom. The monoisotopic (exact) mass is 279 g/mol. The Morgan fingerprint density at radius 2 is 1.38 bits per heavy atom. The van der Waals surface area contributed by atoms with E-state index in [0.29, 0.717) is 11.5 Å². The van der Waals surface area contributed by atoms with Gasteiger partial charge in [0, 0.05) is 11.1 Å². The highest BCUT2D eigenvalue weighted by Gasteiger charge is 2.12. The standard InChI is InChI=1S/C18H17NO2/c1-20-17-10-14-13(12-6-4-3-5-7-12)8-9-16(19)15(14)11-18(17)21-2/h3-11H,19H2,1-2H3. The van der Waals surface area contributed by atoms with Crippen LogP contribution in [0.15, 0.2) is 54.6 Å². The molecule has 0 saturated carbocycles. The summed E-state index contributed by atoms with van der Waals surface area (Å²) in [5.74, 6) is 1.38. The van der Waals surface area contributed by atoms with Gasteiger partial charge in [-0.15, -0.1) is 0 Å². The number of anilines is 1. The van der Waals surface area contributed by atoms with Crippen LogP contribution in [-0.2, 0) is 0 Å². The van der Waals surface area contributed by atoms with E-state index in [4.69, 9.17) is 15.2 Å². The molecule has 0 radical (unpaired) electrons. The molecule has 106 valence electrons. The van der Waals surface area contributed by atoms with E-state index >= 15 is 0 Å².